The first-order chi connectivity index (χ1) is 9.35. The molecule has 108 valence electrons. The molecule has 0 aromatic heterocycles. The van der Waals surface area contributed by atoms with Gasteiger partial charge >= 0.3 is 11.9 Å². The number of ether oxygens (including phenoxy) is 2. The highest BCUT2D eigenvalue weighted by Gasteiger charge is 2.43. The molecule has 0 amide bonds. The Morgan fingerprint density at radius 3 is 1.95 bits per heavy atom. The third-order valence-electron chi connectivity index (χ3n) is 2.98. The van der Waals surface area contributed by atoms with Gasteiger partial charge in [0.2, 0.25) is 0 Å². The summed E-state index contributed by atoms with van der Waals surface area (Å²) in [6.45, 7) is 1.41. The second kappa shape index (κ2) is 6.14. The Hall–Kier alpha value is -2.44. The minimum absolute atomic E-state index is 0.0321. The lowest BCUT2D eigenvalue weighted by molar-refractivity contribution is -0.384. The van der Waals surface area contributed by atoms with E-state index in [1.54, 1.807) is 0 Å². The molecule has 7 heteroatoms. The minimum Gasteiger partial charge on any atom is -0.468 e. The third kappa shape index (κ3) is 3.11. The third-order valence-corrected chi connectivity index (χ3v) is 2.98. The van der Waals surface area contributed by atoms with Crippen molar-refractivity contribution in [2.75, 3.05) is 14.2 Å². The van der Waals surface area contributed by atoms with Crippen molar-refractivity contribution in [2.24, 2.45) is 5.41 Å². The summed E-state index contributed by atoms with van der Waals surface area (Å²) in [6, 6.07) is 5.60. The van der Waals surface area contributed by atoms with Crippen molar-refractivity contribution in [1.82, 2.24) is 0 Å². The Kier molecular flexibility index (Phi) is 4.79. The first-order valence-corrected chi connectivity index (χ1v) is 5.75. The van der Waals surface area contributed by atoms with Crippen molar-refractivity contribution in [3.05, 3.63) is 39.9 Å². The molecule has 20 heavy (non-hydrogen) atoms. The van der Waals surface area contributed by atoms with E-state index in [0.717, 1.165) is 0 Å². The zero-order chi connectivity index (χ0) is 15.3. The Morgan fingerprint density at radius 2 is 1.60 bits per heavy atom. The number of benzene rings is 1. The zero-order valence-corrected chi connectivity index (χ0v) is 11.4. The second-order valence-electron chi connectivity index (χ2n) is 4.42. The van der Waals surface area contributed by atoms with Gasteiger partial charge in [0.05, 0.1) is 19.1 Å². The number of esters is 2. The highest BCUT2D eigenvalue weighted by molar-refractivity contribution is 5.99. The predicted octanol–water partition coefficient (Wildman–Crippen LogP) is 1.49. The van der Waals surface area contributed by atoms with E-state index in [0.29, 0.717) is 5.56 Å². The molecule has 0 N–H and O–H groups in total. The number of non-ortho nitro benzene ring substituents is 1. The molecule has 0 saturated heterocycles. The fraction of sp³-hybridized carbons (Fsp3) is 0.385. The van der Waals surface area contributed by atoms with Gasteiger partial charge in [0.25, 0.3) is 5.69 Å². The molecule has 0 radical (unpaired) electrons. The number of methoxy groups -OCH3 is 2. The molecule has 0 aliphatic carbocycles. The Morgan fingerprint density at radius 1 is 1.15 bits per heavy atom. The van der Waals surface area contributed by atoms with Crippen LogP contribution in [0, 0.1) is 15.5 Å². The molecule has 7 nitrogen and oxygen atoms in total. The van der Waals surface area contributed by atoms with E-state index in [1.807, 2.05) is 0 Å². The molecule has 0 bridgehead atoms. The number of nitro benzene ring substituents is 1. The minimum atomic E-state index is -1.49. The van der Waals surface area contributed by atoms with Gasteiger partial charge in [-0.3, -0.25) is 19.7 Å². The fourth-order valence-corrected chi connectivity index (χ4v) is 1.82. The van der Waals surface area contributed by atoms with Crippen LogP contribution in [0.5, 0.6) is 0 Å². The van der Waals surface area contributed by atoms with Crippen molar-refractivity contribution in [2.45, 2.75) is 13.3 Å². The van der Waals surface area contributed by atoms with Crippen molar-refractivity contribution in [3.63, 3.8) is 0 Å². The second-order valence-corrected chi connectivity index (χ2v) is 4.42. The van der Waals surface area contributed by atoms with Crippen molar-refractivity contribution in [1.29, 1.82) is 0 Å². The Bertz CT molecular complexity index is 506. The van der Waals surface area contributed by atoms with Crippen LogP contribution in [0.1, 0.15) is 12.5 Å². The molecular formula is C13H15NO6. The predicted molar refractivity (Wildman–Crippen MR) is 68.9 cm³/mol. The number of hydrogen-bond donors (Lipinski definition) is 0. The van der Waals surface area contributed by atoms with E-state index in [9.17, 15) is 19.7 Å². The molecular weight excluding hydrogens is 266 g/mol. The Labute approximate surface area is 115 Å². The summed E-state index contributed by atoms with van der Waals surface area (Å²) in [7, 11) is 2.36. The van der Waals surface area contributed by atoms with E-state index in [1.165, 1.54) is 45.4 Å². The average molecular weight is 281 g/mol. The quantitative estimate of drug-likeness (QED) is 0.351. The van der Waals surface area contributed by atoms with E-state index >= 15 is 0 Å². The van der Waals surface area contributed by atoms with E-state index in [2.05, 4.69) is 9.47 Å². The van der Waals surface area contributed by atoms with Gasteiger partial charge in [-0.1, -0.05) is 12.1 Å². The average Bonchev–Trinajstić information content (AvgIpc) is 2.45. The van der Waals surface area contributed by atoms with Crippen LogP contribution >= 0.6 is 0 Å². The number of nitrogens with zero attached hydrogens (tertiary/aromatic N) is 1. The first-order valence-electron chi connectivity index (χ1n) is 5.75. The van der Waals surface area contributed by atoms with Crippen LogP contribution < -0.4 is 0 Å². The summed E-state index contributed by atoms with van der Waals surface area (Å²) in [5, 5.41) is 10.6. The Balaban J connectivity index is 3.04. The van der Waals surface area contributed by atoms with Crippen LogP contribution in [-0.2, 0) is 25.5 Å². The number of carbonyl (C=O) groups excluding carboxylic acids is 2. The molecule has 0 saturated carbocycles. The van der Waals surface area contributed by atoms with Crippen molar-refractivity contribution >= 4 is 17.6 Å². The van der Waals surface area contributed by atoms with Gasteiger partial charge in [-0.25, -0.2) is 0 Å². The number of nitro groups is 1. The maximum absolute atomic E-state index is 11.8. The molecule has 0 aliphatic rings. The first kappa shape index (κ1) is 15.6. The summed E-state index contributed by atoms with van der Waals surface area (Å²) in [4.78, 5) is 33.6. The molecule has 1 aromatic rings. The lowest BCUT2D eigenvalue weighted by atomic mass is 9.83. The summed E-state index contributed by atoms with van der Waals surface area (Å²) < 4.78 is 9.25. The normalized spacial score (nSPS) is 10.8. The van der Waals surface area contributed by atoms with Gasteiger partial charge in [0.15, 0.2) is 5.41 Å². The maximum Gasteiger partial charge on any atom is 0.323 e. The van der Waals surface area contributed by atoms with Crippen LogP contribution in [0.15, 0.2) is 24.3 Å². The van der Waals surface area contributed by atoms with E-state index in [4.69, 9.17) is 0 Å². The molecule has 0 spiro atoms. The van der Waals surface area contributed by atoms with Gasteiger partial charge in [0, 0.05) is 12.1 Å². The van der Waals surface area contributed by atoms with Crippen LogP contribution in [0.25, 0.3) is 0 Å². The lowest BCUT2D eigenvalue weighted by Crippen LogP contribution is -2.40. The molecule has 0 heterocycles. The van der Waals surface area contributed by atoms with Crippen molar-refractivity contribution < 1.29 is 24.0 Å². The van der Waals surface area contributed by atoms with Crippen LogP contribution in [0.4, 0.5) is 5.69 Å². The van der Waals surface area contributed by atoms with Crippen LogP contribution in [0.3, 0.4) is 0 Å². The monoisotopic (exact) mass is 281 g/mol. The molecule has 1 rings (SSSR count). The van der Waals surface area contributed by atoms with Crippen LogP contribution in [0.2, 0.25) is 0 Å². The number of carbonyl (C=O) groups is 2. The molecule has 0 atom stereocenters. The smallest absolute Gasteiger partial charge is 0.323 e. The standard InChI is InChI=1S/C13H15NO6/c1-13(11(15)19-2,12(16)20-3)8-9-4-6-10(7-5-9)14(17)18/h4-7H,8H2,1-3H3. The zero-order valence-electron chi connectivity index (χ0n) is 11.4. The highest BCUT2D eigenvalue weighted by atomic mass is 16.6. The van der Waals surface area contributed by atoms with E-state index < -0.39 is 22.3 Å². The van der Waals surface area contributed by atoms with Gasteiger partial charge in [-0.2, -0.15) is 0 Å². The van der Waals surface area contributed by atoms with Crippen molar-refractivity contribution in [3.8, 4) is 0 Å². The molecule has 1 aromatic carbocycles. The largest absolute Gasteiger partial charge is 0.468 e. The van der Waals surface area contributed by atoms with Gasteiger partial charge in [-0.05, 0) is 18.9 Å². The summed E-state index contributed by atoms with van der Waals surface area (Å²) in [5.41, 5.74) is -0.958. The molecule has 0 aliphatic heterocycles. The fourth-order valence-electron chi connectivity index (χ4n) is 1.82. The van der Waals surface area contributed by atoms with E-state index in [-0.39, 0.29) is 12.1 Å². The lowest BCUT2D eigenvalue weighted by Gasteiger charge is -2.23. The van der Waals surface area contributed by atoms with Gasteiger partial charge in [-0.15, -0.1) is 0 Å². The van der Waals surface area contributed by atoms with Crippen LogP contribution in [-0.4, -0.2) is 31.1 Å². The summed E-state index contributed by atoms with van der Waals surface area (Å²) in [5.74, 6) is -1.44. The number of rotatable bonds is 5. The summed E-state index contributed by atoms with van der Waals surface area (Å²) >= 11 is 0. The SMILES string of the molecule is COC(=O)C(C)(Cc1ccc([N+](=O)[O-])cc1)C(=O)OC. The maximum atomic E-state index is 11.8. The van der Waals surface area contributed by atoms with Gasteiger partial charge in [0.1, 0.15) is 0 Å². The highest BCUT2D eigenvalue weighted by Crippen LogP contribution is 2.27. The topological polar surface area (TPSA) is 95.7 Å². The number of hydrogen-bond acceptors (Lipinski definition) is 6. The van der Waals surface area contributed by atoms with Gasteiger partial charge < -0.3 is 9.47 Å². The molecule has 0 fully saturated rings. The summed E-state index contributed by atoms with van der Waals surface area (Å²) in [6.07, 6.45) is 0.0321. The molecule has 0 unspecified atom stereocenters.